The van der Waals surface area contributed by atoms with Crippen molar-refractivity contribution in [2.45, 2.75) is 136 Å². The topological polar surface area (TPSA) is 305 Å². The Balaban J connectivity index is 0.000000133. The zero-order valence-corrected chi connectivity index (χ0v) is 60.8. The number of nitrogens with one attached hydrogen (secondary N) is 1. The molecular weight excluding hydrogens is 1340 g/mol. The monoisotopic (exact) mass is 1420 g/mol. The van der Waals surface area contributed by atoms with E-state index in [0.29, 0.717) is 100 Å². The molecule has 0 aromatic carbocycles. The van der Waals surface area contributed by atoms with Crippen molar-refractivity contribution in [1.82, 2.24) is 73.1 Å². The number of hydrogen-bond acceptors (Lipinski definition) is 21. The number of esters is 5. The fourth-order valence-electron chi connectivity index (χ4n) is 10.9. The first-order valence-electron chi connectivity index (χ1n) is 33.3. The number of aromatic amines is 1. The van der Waals surface area contributed by atoms with Gasteiger partial charge in [-0.3, -0.25) is 0 Å². The molecule has 7 saturated carbocycles. The summed E-state index contributed by atoms with van der Waals surface area (Å²) in [5.41, 5.74) is 6.06. The fourth-order valence-corrected chi connectivity index (χ4v) is 11.3. The molecule has 7 fully saturated rings. The van der Waals surface area contributed by atoms with Crippen LogP contribution in [0.4, 0.5) is 0 Å². The second-order valence-corrected chi connectivity index (χ2v) is 27.1. The van der Waals surface area contributed by atoms with Gasteiger partial charge < -0.3 is 53.1 Å². The molecule has 0 saturated heterocycles. The summed E-state index contributed by atoms with van der Waals surface area (Å²) >= 11 is 17.3. The molecule has 10 aromatic heterocycles. The van der Waals surface area contributed by atoms with E-state index in [2.05, 4.69) is 66.5 Å². The van der Waals surface area contributed by atoms with Crippen molar-refractivity contribution >= 4 is 120 Å². The Morgan fingerprint density at radius 2 is 0.778 bits per heavy atom. The first-order chi connectivity index (χ1) is 47.5. The van der Waals surface area contributed by atoms with Crippen molar-refractivity contribution in [1.29, 1.82) is 0 Å². The molecule has 99 heavy (non-hydrogen) atoms. The predicted octanol–water partition coefficient (Wildman–Crippen LogP) is 10.0. The van der Waals surface area contributed by atoms with Crippen LogP contribution in [0.5, 0.6) is 6.01 Å². The van der Waals surface area contributed by atoms with Crippen LogP contribution in [-0.4, -0.2) is 145 Å². The van der Waals surface area contributed by atoms with Crippen LogP contribution in [0.25, 0.3) is 55.2 Å². The fraction of sp³-hybridized carbons (Fsp3) is 0.493. The summed E-state index contributed by atoms with van der Waals surface area (Å²) in [7, 11) is 5.63. The van der Waals surface area contributed by atoms with Crippen LogP contribution < -0.4 is 34.3 Å². The van der Waals surface area contributed by atoms with Crippen molar-refractivity contribution in [2.75, 3.05) is 41.7 Å². The molecule has 0 atom stereocenters. The zero-order chi connectivity index (χ0) is 68.7. The zero-order valence-electron chi connectivity index (χ0n) is 57.5. The Kier molecular flexibility index (Phi) is 23.9. The van der Waals surface area contributed by atoms with E-state index in [4.69, 9.17) is 58.5 Å². The van der Waals surface area contributed by atoms with Crippen molar-refractivity contribution in [3.63, 3.8) is 0 Å². The number of rotatable bonds is 19. The SMILES string of the molecule is CCC1CC1.COC(=O)c1cc2cnc(C)nc2n1CC1CC1.COC(=O)c1cc2cnc(Cl)nc2[nH]1.COC(=O)c1cc2cnc(Cl)nc2n1CC1CC1.COc1ncc2cc(C(=O)OCC3CC3)n(CC3CC3)c2n1.O=C(OCC1CC1)c1cc2cnc(Cl)nc2n1CC1CC1.[H-].[Na+]. The van der Waals surface area contributed by atoms with Crippen LogP contribution in [0.1, 0.15) is 163 Å². The summed E-state index contributed by atoms with van der Waals surface area (Å²) in [6, 6.07) is 9.12. The van der Waals surface area contributed by atoms with Crippen LogP contribution in [0.3, 0.4) is 0 Å². The molecule has 0 bridgehead atoms. The molecule has 7 aliphatic rings. The maximum Gasteiger partial charge on any atom is 1.00 e. The van der Waals surface area contributed by atoms with Crippen molar-refractivity contribution in [3.05, 3.63) is 111 Å². The molecule has 0 amide bonds. The third-order valence-electron chi connectivity index (χ3n) is 17.8. The standard InChI is InChI=1S/C16H19N3O3.C15H16ClN3O2.C13H15N3O2.C12H12ClN3O2.C8H6ClN3O2.C5H10.Na.H/c1-21-16-17-7-12-6-13(15(20)22-9-11-4-5-11)19(14(12)18-16)8-10-2-3-10;16-15-17-6-11-5-12(14(20)21-8-10-3-4-10)19(13(11)18-15)7-9-1-2-9;1-8-14-6-10-5-11(13(17)18-2)16(12(10)15-8)7-9-3-4-9;1-18-11(17)9-4-8-5-14-12(13)15-10(8)16(9)6-7-2-3-7;1-14-7(13)5-2-4-3-10-8(9)12-6(4)11-5;1-2-5-3-4-5;;/h6-7,10-11H,2-5,8-9H2,1H3;5-6,9-10H,1-4,7-8H2;5-6,9H,3-4,7H2,1-2H3;4-5,7H,2-3,6H2,1H3;2-3H,1H3,(H,10,11,12);5H,2-4H2,1H3;;/q;;;;;;+1;-1. The number of halogens is 3. The number of methoxy groups -OCH3 is 4. The first-order valence-corrected chi connectivity index (χ1v) is 34.5. The van der Waals surface area contributed by atoms with Gasteiger partial charge in [0.1, 0.15) is 62.5 Å². The quantitative estimate of drug-likeness (QED) is 0.0340. The molecule has 0 radical (unpaired) electrons. The van der Waals surface area contributed by atoms with Crippen molar-refractivity contribution in [2.24, 2.45) is 41.4 Å². The van der Waals surface area contributed by atoms with E-state index < -0.39 is 5.97 Å². The van der Waals surface area contributed by atoms with E-state index in [1.54, 1.807) is 44.0 Å². The molecule has 1 N–H and O–H groups in total. The predicted molar refractivity (Wildman–Crippen MR) is 365 cm³/mol. The smallest absolute Gasteiger partial charge is 1.00 e. The molecule has 10 heterocycles. The minimum Gasteiger partial charge on any atom is -1.00 e. The van der Waals surface area contributed by atoms with Crippen LogP contribution in [0.15, 0.2) is 61.3 Å². The van der Waals surface area contributed by atoms with E-state index >= 15 is 0 Å². The van der Waals surface area contributed by atoms with Crippen LogP contribution in [0.2, 0.25) is 15.9 Å². The third kappa shape index (κ3) is 19.4. The Morgan fingerprint density at radius 3 is 1.14 bits per heavy atom. The van der Waals surface area contributed by atoms with E-state index in [9.17, 15) is 24.0 Å². The van der Waals surface area contributed by atoms with Gasteiger partial charge in [-0.1, -0.05) is 26.2 Å². The van der Waals surface area contributed by atoms with Gasteiger partial charge in [0.15, 0.2) is 0 Å². The molecule has 0 aliphatic heterocycles. The summed E-state index contributed by atoms with van der Waals surface area (Å²) in [5.74, 6) is 3.88. The van der Waals surface area contributed by atoms with Gasteiger partial charge in [-0.15, -0.1) is 0 Å². The number of fused-ring (bicyclic) bond motifs is 5. The van der Waals surface area contributed by atoms with Gasteiger partial charge in [-0.25, -0.2) is 53.9 Å². The molecular formula is C69H79Cl3N15NaO11. The molecule has 0 unspecified atom stereocenters. The number of hydrogen-bond donors (Lipinski definition) is 1. The summed E-state index contributed by atoms with van der Waals surface area (Å²) in [4.78, 5) is 103. The molecule has 26 nitrogen and oxygen atoms in total. The van der Waals surface area contributed by atoms with E-state index in [-0.39, 0.29) is 70.7 Å². The second-order valence-electron chi connectivity index (χ2n) is 26.0. The molecule has 518 valence electrons. The number of carbonyl (C=O) groups excluding carboxylic acids is 5. The number of aryl methyl sites for hydroxylation is 1. The largest absolute Gasteiger partial charge is 1.00 e. The van der Waals surface area contributed by atoms with E-state index in [1.165, 1.54) is 124 Å². The van der Waals surface area contributed by atoms with Crippen LogP contribution in [0, 0.1) is 48.3 Å². The van der Waals surface area contributed by atoms with Crippen molar-refractivity contribution < 1.29 is 83.4 Å². The van der Waals surface area contributed by atoms with Gasteiger partial charge in [0, 0.05) is 84.1 Å². The number of aromatic nitrogens is 15. The van der Waals surface area contributed by atoms with Crippen LogP contribution in [-0.2, 0) is 49.9 Å². The molecule has 30 heteroatoms. The summed E-state index contributed by atoms with van der Waals surface area (Å²) < 4.78 is 37.9. The maximum absolute atomic E-state index is 12.4. The molecule has 0 spiro atoms. The van der Waals surface area contributed by atoms with Gasteiger partial charge in [-0.05, 0) is 191 Å². The molecule has 17 rings (SSSR count). The molecule has 10 aromatic rings. The average Bonchev–Trinajstić information content (AvgIpc) is 1.65. The average molecular weight is 1420 g/mol. The van der Waals surface area contributed by atoms with Gasteiger partial charge >= 0.3 is 65.4 Å². The van der Waals surface area contributed by atoms with Gasteiger partial charge in [0.05, 0.1) is 41.7 Å². The Labute approximate surface area is 609 Å². The van der Waals surface area contributed by atoms with Crippen molar-refractivity contribution in [3.8, 4) is 6.01 Å². The number of H-pyrrole nitrogens is 1. The summed E-state index contributed by atoms with van der Waals surface area (Å²) in [5, 5.41) is 4.62. The second kappa shape index (κ2) is 32.6. The molecule has 7 aliphatic carbocycles. The number of carbonyl (C=O) groups is 5. The van der Waals surface area contributed by atoms with E-state index in [0.717, 1.165) is 76.0 Å². The van der Waals surface area contributed by atoms with E-state index in [1.807, 2.05) is 43.4 Å². The normalized spacial score (nSPS) is 15.9. The van der Waals surface area contributed by atoms with Gasteiger partial charge in [-0.2, -0.15) is 19.9 Å². The number of nitrogens with zero attached hydrogens (tertiary/aromatic N) is 14. The minimum absolute atomic E-state index is 0. The summed E-state index contributed by atoms with van der Waals surface area (Å²) in [6.07, 6.45) is 27.0. The minimum atomic E-state index is -0.445. The van der Waals surface area contributed by atoms with Crippen LogP contribution >= 0.6 is 34.8 Å². The number of ether oxygens (including phenoxy) is 6. The Hall–Kier alpha value is -7.88. The Bertz CT molecular complexity index is 4460. The summed E-state index contributed by atoms with van der Waals surface area (Å²) in [6.45, 7) is 8.38. The van der Waals surface area contributed by atoms with Gasteiger partial charge in [0.25, 0.3) is 0 Å². The third-order valence-corrected chi connectivity index (χ3v) is 18.4. The first kappa shape index (κ1) is 72.4. The maximum atomic E-state index is 12.4. The van der Waals surface area contributed by atoms with Gasteiger partial charge in [0.2, 0.25) is 15.9 Å². The Morgan fingerprint density at radius 1 is 0.434 bits per heavy atom.